The highest BCUT2D eigenvalue weighted by Crippen LogP contribution is 2.66. The lowest BCUT2D eigenvalue weighted by molar-refractivity contribution is -0.160. The van der Waals surface area contributed by atoms with Crippen LogP contribution < -0.4 is 0 Å². The number of rotatable bonds is 3. The molecule has 0 spiro atoms. The minimum Gasteiger partial charge on any atom is -0.393 e. The Hall–Kier alpha value is -1.67. The van der Waals surface area contributed by atoms with Crippen molar-refractivity contribution in [2.24, 2.45) is 40.4 Å². The van der Waals surface area contributed by atoms with Crippen molar-refractivity contribution in [1.29, 1.82) is 5.26 Å². The van der Waals surface area contributed by atoms with Crippen molar-refractivity contribution in [3.05, 3.63) is 18.0 Å². The Morgan fingerprint density at radius 1 is 1.16 bits per heavy atom. The fraction of sp³-hybridized carbons (Fsp3) is 0.808. The van der Waals surface area contributed by atoms with Crippen molar-refractivity contribution >= 4 is 5.78 Å². The van der Waals surface area contributed by atoms with E-state index in [-0.39, 0.29) is 17.4 Å². The summed E-state index contributed by atoms with van der Waals surface area (Å²) in [6, 6.07) is 2.10. The van der Waals surface area contributed by atoms with Crippen molar-refractivity contribution in [2.45, 2.75) is 90.7 Å². The third-order valence-electron chi connectivity index (χ3n) is 10.3. The van der Waals surface area contributed by atoms with Crippen LogP contribution in [0.1, 0.15) is 83.6 Å². The number of nitrogens with zero attached hydrogens (tertiary/aromatic N) is 3. The molecular formula is C26H37N3O2. The highest BCUT2D eigenvalue weighted by molar-refractivity contribution is 5.81. The summed E-state index contributed by atoms with van der Waals surface area (Å²) < 4.78 is 1.65. The van der Waals surface area contributed by atoms with Crippen molar-refractivity contribution < 1.29 is 9.90 Å². The molecule has 0 unspecified atom stereocenters. The Bertz CT molecular complexity index is 887. The first kappa shape index (κ1) is 21.2. The van der Waals surface area contributed by atoms with E-state index in [2.05, 4.69) is 25.0 Å². The lowest BCUT2D eigenvalue weighted by Gasteiger charge is -2.63. The summed E-state index contributed by atoms with van der Waals surface area (Å²) in [7, 11) is 0. The van der Waals surface area contributed by atoms with Gasteiger partial charge in [-0.15, -0.1) is 0 Å². The number of hydrogen-bond acceptors (Lipinski definition) is 4. The van der Waals surface area contributed by atoms with E-state index in [4.69, 9.17) is 5.26 Å². The molecule has 1 aromatic rings. The topological polar surface area (TPSA) is 78.9 Å². The number of ketones is 1. The average molecular weight is 424 g/mol. The third-order valence-corrected chi connectivity index (χ3v) is 10.3. The molecule has 1 aromatic heterocycles. The Kier molecular flexibility index (Phi) is 5.28. The van der Waals surface area contributed by atoms with E-state index in [0.29, 0.717) is 35.1 Å². The quantitative estimate of drug-likeness (QED) is 0.762. The zero-order valence-electron chi connectivity index (χ0n) is 19.1. The summed E-state index contributed by atoms with van der Waals surface area (Å²) >= 11 is 0. The van der Waals surface area contributed by atoms with Crippen molar-refractivity contribution in [1.82, 2.24) is 9.78 Å². The van der Waals surface area contributed by atoms with Gasteiger partial charge >= 0.3 is 0 Å². The molecule has 5 heteroatoms. The molecule has 4 aliphatic rings. The van der Waals surface area contributed by atoms with Crippen molar-refractivity contribution in [3.63, 3.8) is 0 Å². The van der Waals surface area contributed by atoms with Crippen LogP contribution in [0.2, 0.25) is 0 Å². The maximum absolute atomic E-state index is 13.4. The van der Waals surface area contributed by atoms with Gasteiger partial charge in [0.05, 0.1) is 24.4 Å². The molecule has 0 saturated heterocycles. The largest absolute Gasteiger partial charge is 0.393 e. The maximum Gasteiger partial charge on any atom is 0.157 e. The second-order valence-corrected chi connectivity index (χ2v) is 11.6. The fourth-order valence-corrected chi connectivity index (χ4v) is 8.74. The van der Waals surface area contributed by atoms with Gasteiger partial charge in [-0.25, -0.2) is 0 Å². The van der Waals surface area contributed by atoms with Gasteiger partial charge in [0, 0.05) is 12.1 Å². The molecule has 0 aromatic carbocycles. The van der Waals surface area contributed by atoms with Crippen LogP contribution in [0.4, 0.5) is 0 Å². The standard InChI is InChI=1S/C26H37N3O2/c1-25-10-8-19(30)12-18(25)6-7-20-21-4-3-5-23(26(21,2)11-9-22(20)25)24(31)16-29-15-17(13-27)14-28-29/h14-15,18-23,30H,3-12,16H2,1-2H3/t18-,19+,20-,21-,22-,23+,25-,26-/m0/s1. The fourth-order valence-electron chi connectivity index (χ4n) is 8.74. The molecule has 168 valence electrons. The van der Waals surface area contributed by atoms with Gasteiger partial charge in [-0.2, -0.15) is 10.4 Å². The SMILES string of the molecule is C[C@]12CC[C@@H](O)C[C@@H]1CC[C@@H]1[C@@H]2CC[C@]2(C)[C@@H](C(=O)Cn3cc(C#N)cn3)CCC[C@@H]12. The minimum absolute atomic E-state index is 0.0935. The summed E-state index contributed by atoms with van der Waals surface area (Å²) in [6.07, 6.45) is 14.6. The maximum atomic E-state index is 13.4. The number of nitriles is 1. The predicted molar refractivity (Wildman–Crippen MR) is 118 cm³/mol. The molecular weight excluding hydrogens is 386 g/mol. The van der Waals surface area contributed by atoms with E-state index < -0.39 is 0 Å². The van der Waals surface area contributed by atoms with Gasteiger partial charge < -0.3 is 5.11 Å². The molecule has 1 heterocycles. The molecule has 5 rings (SSSR count). The van der Waals surface area contributed by atoms with E-state index in [1.54, 1.807) is 17.1 Å². The van der Waals surface area contributed by atoms with E-state index in [0.717, 1.165) is 43.9 Å². The van der Waals surface area contributed by atoms with Gasteiger partial charge in [0.2, 0.25) is 0 Å². The van der Waals surface area contributed by atoms with E-state index in [1.165, 1.54) is 32.1 Å². The van der Waals surface area contributed by atoms with Crippen LogP contribution in [-0.4, -0.2) is 26.8 Å². The Balaban J connectivity index is 1.36. The molecule has 0 aliphatic heterocycles. The smallest absolute Gasteiger partial charge is 0.157 e. The van der Waals surface area contributed by atoms with Gasteiger partial charge in [-0.1, -0.05) is 20.3 Å². The monoisotopic (exact) mass is 423 g/mol. The van der Waals surface area contributed by atoms with E-state index in [9.17, 15) is 9.90 Å². The summed E-state index contributed by atoms with van der Waals surface area (Å²) in [5.74, 6) is 3.23. The number of aromatic nitrogens is 2. The molecule has 0 amide bonds. The van der Waals surface area contributed by atoms with Crippen LogP contribution in [0.5, 0.6) is 0 Å². The third kappa shape index (κ3) is 3.37. The first-order chi connectivity index (χ1) is 14.8. The van der Waals surface area contributed by atoms with E-state index in [1.807, 2.05) is 0 Å². The van der Waals surface area contributed by atoms with Gasteiger partial charge in [0.1, 0.15) is 6.07 Å². The highest BCUT2D eigenvalue weighted by atomic mass is 16.3. The average Bonchev–Trinajstić information content (AvgIpc) is 3.20. The van der Waals surface area contributed by atoms with Crippen LogP contribution in [0, 0.1) is 51.8 Å². The van der Waals surface area contributed by atoms with Crippen LogP contribution in [-0.2, 0) is 11.3 Å². The second kappa shape index (κ2) is 7.73. The molecule has 1 N–H and O–H groups in total. The van der Waals surface area contributed by atoms with Crippen LogP contribution in [0.25, 0.3) is 0 Å². The van der Waals surface area contributed by atoms with Gasteiger partial charge in [0.15, 0.2) is 5.78 Å². The van der Waals surface area contributed by atoms with Crippen LogP contribution >= 0.6 is 0 Å². The number of aliphatic hydroxyl groups excluding tert-OH is 1. The van der Waals surface area contributed by atoms with Crippen molar-refractivity contribution in [3.8, 4) is 6.07 Å². The van der Waals surface area contributed by atoms with Gasteiger partial charge in [0.25, 0.3) is 0 Å². The molecule has 31 heavy (non-hydrogen) atoms. The first-order valence-electron chi connectivity index (χ1n) is 12.5. The Labute approximate surface area is 186 Å². The zero-order chi connectivity index (χ0) is 21.8. The number of Topliss-reactive ketones (excluding diaryl/α,β-unsaturated/α-hetero) is 1. The van der Waals surface area contributed by atoms with Gasteiger partial charge in [-0.3, -0.25) is 9.48 Å². The molecule has 4 saturated carbocycles. The first-order valence-corrected chi connectivity index (χ1v) is 12.5. The van der Waals surface area contributed by atoms with Gasteiger partial charge in [-0.05, 0) is 92.3 Å². The van der Waals surface area contributed by atoms with Crippen LogP contribution in [0.3, 0.4) is 0 Å². The summed E-state index contributed by atoms with van der Waals surface area (Å²) in [4.78, 5) is 13.4. The molecule has 8 atom stereocenters. The highest BCUT2D eigenvalue weighted by Gasteiger charge is 2.59. The lowest BCUT2D eigenvalue weighted by atomic mass is 9.41. The summed E-state index contributed by atoms with van der Waals surface area (Å²) in [6.45, 7) is 5.23. The second-order valence-electron chi connectivity index (χ2n) is 11.6. The molecule has 4 fully saturated rings. The number of fused-ring (bicyclic) bond motifs is 5. The Morgan fingerprint density at radius 2 is 1.94 bits per heavy atom. The summed E-state index contributed by atoms with van der Waals surface area (Å²) in [5, 5.41) is 23.5. The Morgan fingerprint density at radius 3 is 2.71 bits per heavy atom. The summed E-state index contributed by atoms with van der Waals surface area (Å²) in [5.41, 5.74) is 0.992. The lowest BCUT2D eigenvalue weighted by Crippen LogP contribution is -2.57. The normalized spacial score (nSPS) is 44.5. The van der Waals surface area contributed by atoms with E-state index >= 15 is 0 Å². The van der Waals surface area contributed by atoms with Crippen molar-refractivity contribution in [2.75, 3.05) is 0 Å². The molecule has 4 aliphatic carbocycles. The molecule has 0 radical (unpaired) electrons. The zero-order valence-corrected chi connectivity index (χ0v) is 19.1. The number of carbonyl (C=O) groups is 1. The molecule has 0 bridgehead atoms. The number of carbonyl (C=O) groups excluding carboxylic acids is 1. The number of aliphatic hydroxyl groups is 1. The minimum atomic E-state index is -0.0935. The molecule has 5 nitrogen and oxygen atoms in total. The van der Waals surface area contributed by atoms with Crippen LogP contribution in [0.15, 0.2) is 12.4 Å². The predicted octanol–water partition coefficient (Wildman–Crippen LogP) is 4.73. The number of hydrogen-bond donors (Lipinski definition) is 1.